The molecule has 2 saturated carbocycles. The van der Waals surface area contributed by atoms with Gasteiger partial charge in [-0.3, -0.25) is 4.72 Å². The number of fused-ring (bicyclic) bond motifs is 2. The topological polar surface area (TPSA) is 248 Å². The fourth-order valence-electron chi connectivity index (χ4n) is 7.22. The highest BCUT2D eigenvalue weighted by atomic mass is 32.2. The van der Waals surface area contributed by atoms with Gasteiger partial charge in [0.15, 0.2) is 34.0 Å². The summed E-state index contributed by atoms with van der Waals surface area (Å²) >= 11 is 0. The van der Waals surface area contributed by atoms with Crippen molar-refractivity contribution in [3.63, 3.8) is 0 Å². The van der Waals surface area contributed by atoms with Crippen molar-refractivity contribution < 1.29 is 18.6 Å². The van der Waals surface area contributed by atoms with Crippen molar-refractivity contribution in [1.29, 1.82) is 0 Å². The molecule has 9 N–H and O–H groups in total. The number of anilines is 8. The van der Waals surface area contributed by atoms with Crippen LogP contribution in [0.25, 0.3) is 22.3 Å². The molecule has 0 aliphatic heterocycles. The summed E-state index contributed by atoms with van der Waals surface area (Å²) in [5.41, 5.74) is 11.4. The zero-order valence-electron chi connectivity index (χ0n) is 32.9. The molecule has 0 amide bonds. The third-order valence-corrected chi connectivity index (χ3v) is 10.9. The highest BCUT2D eigenvalue weighted by Gasteiger charge is 2.23. The van der Waals surface area contributed by atoms with Crippen molar-refractivity contribution in [2.75, 3.05) is 38.0 Å². The monoisotopic (exact) mass is 812 g/mol. The van der Waals surface area contributed by atoms with Gasteiger partial charge in [0.05, 0.1) is 36.8 Å². The molecule has 4 aromatic heterocycles. The number of nitrogen functional groups attached to an aromatic ring is 1. The summed E-state index contributed by atoms with van der Waals surface area (Å²) in [6.07, 6.45) is 10.9. The van der Waals surface area contributed by atoms with E-state index in [1.165, 1.54) is 0 Å². The molecular weight excluding hydrogens is 761 g/mol. The number of rotatable bonds is 12. The van der Waals surface area contributed by atoms with Crippen LogP contribution in [0, 0.1) is 0 Å². The number of aliphatic hydroxyl groups excluding tert-OH is 2. The molecule has 4 heterocycles. The van der Waals surface area contributed by atoms with Gasteiger partial charge in [-0.15, -0.1) is 0 Å². The van der Waals surface area contributed by atoms with Crippen LogP contribution in [0.1, 0.15) is 65.2 Å². The van der Waals surface area contributed by atoms with Crippen molar-refractivity contribution in [3.05, 3.63) is 61.2 Å². The van der Waals surface area contributed by atoms with Crippen molar-refractivity contribution in [2.24, 2.45) is 0 Å². The average molecular weight is 813 g/mol. The second kappa shape index (κ2) is 17.8. The van der Waals surface area contributed by atoms with Crippen molar-refractivity contribution >= 4 is 78.6 Å². The molecule has 2 aromatic carbocycles. The number of aliphatic hydroxyl groups is 2. The quantitative estimate of drug-likeness (QED) is 0.0705. The van der Waals surface area contributed by atoms with Gasteiger partial charge in [0.1, 0.15) is 0 Å². The van der Waals surface area contributed by atoms with Crippen LogP contribution in [0.2, 0.25) is 0 Å². The second-order valence-electron chi connectivity index (χ2n) is 14.8. The number of hydrogen-bond acceptors (Lipinski definition) is 15. The molecule has 2 aliphatic carbocycles. The van der Waals surface area contributed by atoms with E-state index in [0.717, 1.165) is 87.6 Å². The predicted octanol–water partition coefficient (Wildman–Crippen LogP) is 5.56. The van der Waals surface area contributed by atoms with Gasteiger partial charge in [0, 0.05) is 42.2 Å². The van der Waals surface area contributed by atoms with Gasteiger partial charge in [-0.2, -0.15) is 19.9 Å². The normalized spacial score (nSPS) is 19.6. The second-order valence-corrected chi connectivity index (χ2v) is 16.6. The van der Waals surface area contributed by atoms with Crippen LogP contribution in [0.15, 0.2) is 61.2 Å². The van der Waals surface area contributed by atoms with Crippen molar-refractivity contribution in [2.45, 2.75) is 103 Å². The number of aromatic nitrogens is 8. The summed E-state index contributed by atoms with van der Waals surface area (Å²) in [4.78, 5) is 27.6. The lowest BCUT2D eigenvalue weighted by molar-refractivity contribution is 0.125. The number of hydrogen-bond donors (Lipinski definition) is 8. The molecule has 0 spiro atoms. The first-order chi connectivity index (χ1) is 27.9. The van der Waals surface area contributed by atoms with Gasteiger partial charge in [0.25, 0.3) is 0 Å². The highest BCUT2D eigenvalue weighted by molar-refractivity contribution is 7.92. The van der Waals surface area contributed by atoms with Gasteiger partial charge in [0.2, 0.25) is 21.9 Å². The third kappa shape index (κ3) is 10.2. The Kier molecular flexibility index (Phi) is 12.4. The van der Waals surface area contributed by atoms with E-state index in [1.807, 2.05) is 46.4 Å². The Morgan fingerprint density at radius 3 is 1.57 bits per heavy atom. The molecule has 18 nitrogen and oxygen atoms in total. The van der Waals surface area contributed by atoms with Crippen LogP contribution in [0.5, 0.6) is 0 Å². The number of imidazole rings is 2. The van der Waals surface area contributed by atoms with Crippen LogP contribution in [-0.4, -0.2) is 88.2 Å². The molecule has 19 heteroatoms. The zero-order chi connectivity index (χ0) is 40.8. The Labute approximate surface area is 337 Å². The smallest absolute Gasteiger partial charge is 0.229 e. The first-order valence-corrected chi connectivity index (χ1v) is 21.6. The Balaban J connectivity index is 0.000000178. The van der Waals surface area contributed by atoms with Gasteiger partial charge in [-0.05, 0) is 102 Å². The van der Waals surface area contributed by atoms with Crippen molar-refractivity contribution in [1.82, 2.24) is 39.0 Å². The number of sulfonamides is 1. The lowest BCUT2D eigenvalue weighted by Gasteiger charge is -2.26. The summed E-state index contributed by atoms with van der Waals surface area (Å²) in [5.74, 6) is 2.26. The molecule has 0 unspecified atom stereocenters. The van der Waals surface area contributed by atoms with Gasteiger partial charge >= 0.3 is 0 Å². The molecule has 2 fully saturated rings. The number of benzene rings is 2. The van der Waals surface area contributed by atoms with E-state index in [4.69, 9.17) is 10.7 Å². The number of aryl methyl sites for hydroxylation is 2. The maximum Gasteiger partial charge on any atom is 0.229 e. The average Bonchev–Trinajstić information content (AvgIpc) is 3.81. The molecule has 8 rings (SSSR count). The molecule has 0 saturated heterocycles. The maximum absolute atomic E-state index is 11.5. The van der Waals surface area contributed by atoms with E-state index >= 15 is 0 Å². The lowest BCUT2D eigenvalue weighted by atomic mass is 9.93. The zero-order valence-corrected chi connectivity index (χ0v) is 33.7. The largest absolute Gasteiger partial charge is 0.399 e. The van der Waals surface area contributed by atoms with E-state index < -0.39 is 10.0 Å². The standard InChI is InChI=1S/C20H27N7O3S.C19H25N7O/c1-3-27-12-21-17-18(22-14-5-4-6-15(11-14)26-31(2,29)30)24-20(25-19(17)27)23-13-7-9-16(28)10-8-13;1-2-26-11-21-16-17(22-14-5-3-4-12(20)10-14)24-19(25-18(16)26)23-13-6-8-15(27)9-7-13/h4-6,11-13,16,26,28H,3,7-10H2,1-2H3,(H2,22,23,24,25);3-5,10-11,13,15,27H,2,6-9,20H2,1H3,(H2,22,23,24,25). The van der Waals surface area contributed by atoms with E-state index in [1.54, 1.807) is 30.9 Å². The minimum Gasteiger partial charge on any atom is -0.399 e. The fraction of sp³-hybridized carbons (Fsp3) is 0.436. The van der Waals surface area contributed by atoms with Gasteiger partial charge < -0.3 is 46.3 Å². The number of nitrogens with one attached hydrogen (secondary N) is 5. The predicted molar refractivity (Wildman–Crippen MR) is 228 cm³/mol. The first-order valence-electron chi connectivity index (χ1n) is 19.7. The molecule has 2 aliphatic rings. The minimum atomic E-state index is -3.38. The summed E-state index contributed by atoms with van der Waals surface area (Å²) in [6, 6.07) is 15.0. The summed E-state index contributed by atoms with van der Waals surface area (Å²) in [7, 11) is -3.38. The van der Waals surface area contributed by atoms with E-state index in [-0.39, 0.29) is 24.3 Å². The lowest BCUT2D eigenvalue weighted by Crippen LogP contribution is -2.29. The van der Waals surface area contributed by atoms with Crippen LogP contribution >= 0.6 is 0 Å². The Hall–Kier alpha value is -5.79. The highest BCUT2D eigenvalue weighted by Crippen LogP contribution is 2.29. The van der Waals surface area contributed by atoms with E-state index in [0.29, 0.717) is 51.8 Å². The molecule has 308 valence electrons. The van der Waals surface area contributed by atoms with Gasteiger partial charge in [-0.1, -0.05) is 12.1 Å². The molecule has 0 radical (unpaired) electrons. The first kappa shape index (κ1) is 40.4. The Bertz CT molecular complexity index is 2440. The summed E-state index contributed by atoms with van der Waals surface area (Å²) < 4.78 is 29.5. The maximum atomic E-state index is 11.5. The molecule has 6 aromatic rings. The summed E-state index contributed by atoms with van der Waals surface area (Å²) in [6.45, 7) is 5.58. The van der Waals surface area contributed by atoms with E-state index in [2.05, 4.69) is 57.8 Å². The number of nitrogens with two attached hydrogens (primary N) is 1. The van der Waals surface area contributed by atoms with Crippen LogP contribution < -0.4 is 31.7 Å². The third-order valence-electron chi connectivity index (χ3n) is 10.2. The van der Waals surface area contributed by atoms with Gasteiger partial charge in [-0.25, -0.2) is 18.4 Å². The van der Waals surface area contributed by atoms with Crippen molar-refractivity contribution in [3.8, 4) is 0 Å². The summed E-state index contributed by atoms with van der Waals surface area (Å²) in [5, 5.41) is 32.9. The minimum absolute atomic E-state index is 0.186. The van der Waals surface area contributed by atoms with E-state index in [9.17, 15) is 18.6 Å². The Morgan fingerprint density at radius 2 is 1.12 bits per heavy atom. The fourth-order valence-corrected chi connectivity index (χ4v) is 7.78. The molecular formula is C39H52N14O4S. The number of nitrogens with zero attached hydrogens (tertiary/aromatic N) is 8. The van der Waals surface area contributed by atoms with Crippen LogP contribution in [-0.2, 0) is 23.1 Å². The Morgan fingerprint density at radius 1 is 0.672 bits per heavy atom. The molecule has 0 bridgehead atoms. The van der Waals surface area contributed by atoms with Crippen LogP contribution in [0.4, 0.5) is 46.3 Å². The van der Waals surface area contributed by atoms with Crippen LogP contribution in [0.3, 0.4) is 0 Å². The SMILES string of the molecule is CCn1cnc2c(Nc3cccc(N)c3)nc(NC3CCC(O)CC3)nc21.CCn1cnc2c(Nc3cccc(NS(C)(=O)=O)c3)nc(NC3CCC(O)CC3)nc21. The molecule has 0 atom stereocenters. The molecule has 58 heavy (non-hydrogen) atoms.